The summed E-state index contributed by atoms with van der Waals surface area (Å²) in [5.41, 5.74) is 3.07. The first kappa shape index (κ1) is 19.0. The van der Waals surface area contributed by atoms with Gasteiger partial charge in [-0.05, 0) is 53.9 Å². The quantitative estimate of drug-likeness (QED) is 0.388. The second-order valence-electron chi connectivity index (χ2n) is 7.63. The number of nitrogens with zero attached hydrogens (tertiary/aromatic N) is 3. The van der Waals surface area contributed by atoms with Crippen LogP contribution in [-0.4, -0.2) is 19.5 Å². The van der Waals surface area contributed by atoms with E-state index in [1.807, 2.05) is 97.1 Å². The number of hydrogen-bond acceptors (Lipinski definition) is 4. The fourth-order valence-electron chi connectivity index (χ4n) is 3.99. The maximum absolute atomic E-state index is 12.8. The Balaban J connectivity index is 1.50. The van der Waals surface area contributed by atoms with E-state index in [1.165, 1.54) is 0 Å². The molecule has 6 heteroatoms. The van der Waals surface area contributed by atoms with E-state index in [9.17, 15) is 4.79 Å². The molecule has 0 amide bonds. The number of imidazole rings is 1. The molecule has 3 heterocycles. The first-order valence-corrected chi connectivity index (χ1v) is 10.6. The summed E-state index contributed by atoms with van der Waals surface area (Å²) in [7, 11) is 0. The second-order valence-corrected chi connectivity index (χ2v) is 7.63. The van der Waals surface area contributed by atoms with E-state index in [0.717, 1.165) is 33.1 Å². The van der Waals surface area contributed by atoms with Gasteiger partial charge in [-0.1, -0.05) is 48.5 Å². The van der Waals surface area contributed by atoms with Crippen LogP contribution in [0.3, 0.4) is 0 Å². The average molecular weight is 430 g/mol. The highest BCUT2D eigenvalue weighted by Crippen LogP contribution is 2.32. The first-order valence-electron chi connectivity index (χ1n) is 10.6. The monoisotopic (exact) mass is 430 g/mol. The topological polar surface area (TPSA) is 72.8 Å². The summed E-state index contributed by atoms with van der Waals surface area (Å²) >= 11 is 0. The molecule has 33 heavy (non-hydrogen) atoms. The molecule has 0 bridgehead atoms. The lowest BCUT2D eigenvalue weighted by atomic mass is 10.1. The van der Waals surface area contributed by atoms with Gasteiger partial charge in [0.05, 0.1) is 16.7 Å². The lowest BCUT2D eigenvalue weighted by Crippen LogP contribution is -2.16. The summed E-state index contributed by atoms with van der Waals surface area (Å²) < 4.78 is 7.85. The highest BCUT2D eigenvalue weighted by atomic mass is 16.5. The van der Waals surface area contributed by atoms with Crippen LogP contribution in [0.15, 0.2) is 108 Å². The number of hydrogen-bond donors (Lipinski definition) is 1. The summed E-state index contributed by atoms with van der Waals surface area (Å²) in [6.45, 7) is 0. The molecule has 158 valence electrons. The van der Waals surface area contributed by atoms with Crippen LogP contribution >= 0.6 is 0 Å². The SMILES string of the molecule is O=c1[nH]c2ccccc2n1-c1cc2ccccc2c(Oc2cccc(-c3ccccn3)c2)n1. The Hall–Kier alpha value is -4.71. The van der Waals surface area contributed by atoms with E-state index in [1.54, 1.807) is 10.8 Å². The van der Waals surface area contributed by atoms with Gasteiger partial charge >= 0.3 is 5.69 Å². The van der Waals surface area contributed by atoms with Crippen LogP contribution in [0.1, 0.15) is 0 Å². The average Bonchev–Trinajstić information content (AvgIpc) is 3.20. The molecule has 0 saturated heterocycles. The van der Waals surface area contributed by atoms with Crippen molar-refractivity contribution in [1.29, 1.82) is 0 Å². The van der Waals surface area contributed by atoms with Crippen molar-refractivity contribution in [2.75, 3.05) is 0 Å². The number of pyridine rings is 2. The molecule has 6 nitrogen and oxygen atoms in total. The molecule has 3 aromatic carbocycles. The van der Waals surface area contributed by atoms with E-state index in [-0.39, 0.29) is 5.69 Å². The Kier molecular flexibility index (Phi) is 4.47. The number of aromatic amines is 1. The Bertz CT molecular complexity index is 1670. The van der Waals surface area contributed by atoms with Crippen molar-refractivity contribution < 1.29 is 4.74 Å². The van der Waals surface area contributed by atoms with Gasteiger partial charge in [0, 0.05) is 17.1 Å². The molecule has 0 radical (unpaired) electrons. The van der Waals surface area contributed by atoms with Crippen molar-refractivity contribution in [2.45, 2.75) is 0 Å². The van der Waals surface area contributed by atoms with E-state index in [2.05, 4.69) is 9.97 Å². The standard InChI is InChI=1S/C27H18N4O2/c32-27-29-23-13-3-4-14-24(23)31(27)25-17-18-8-1-2-11-21(18)26(30-25)33-20-10-7-9-19(16-20)22-12-5-6-15-28-22/h1-17H,(H,29,32). The largest absolute Gasteiger partial charge is 0.438 e. The van der Waals surface area contributed by atoms with Crippen molar-refractivity contribution in [1.82, 2.24) is 19.5 Å². The second kappa shape index (κ2) is 7.76. The van der Waals surface area contributed by atoms with Gasteiger partial charge < -0.3 is 9.72 Å². The number of nitrogens with one attached hydrogen (secondary N) is 1. The third kappa shape index (κ3) is 3.43. The number of para-hydroxylation sites is 2. The van der Waals surface area contributed by atoms with Gasteiger partial charge in [-0.25, -0.2) is 9.36 Å². The van der Waals surface area contributed by atoms with Gasteiger partial charge in [-0.15, -0.1) is 0 Å². The van der Waals surface area contributed by atoms with Crippen LogP contribution in [-0.2, 0) is 0 Å². The third-order valence-electron chi connectivity index (χ3n) is 5.52. The predicted octanol–water partition coefficient (Wildman–Crippen LogP) is 5.72. The smallest absolute Gasteiger partial charge is 0.332 e. The van der Waals surface area contributed by atoms with Gasteiger partial charge in [0.2, 0.25) is 5.88 Å². The van der Waals surface area contributed by atoms with Gasteiger partial charge in [0.15, 0.2) is 0 Å². The molecular formula is C27H18N4O2. The molecule has 3 aromatic heterocycles. The van der Waals surface area contributed by atoms with Crippen molar-refractivity contribution in [2.24, 2.45) is 0 Å². The highest BCUT2D eigenvalue weighted by molar-refractivity contribution is 5.89. The van der Waals surface area contributed by atoms with Crippen molar-refractivity contribution in [3.8, 4) is 28.7 Å². The summed E-state index contributed by atoms with van der Waals surface area (Å²) in [6, 6.07) is 30.8. The van der Waals surface area contributed by atoms with E-state index in [0.29, 0.717) is 17.4 Å². The zero-order valence-electron chi connectivity index (χ0n) is 17.5. The molecule has 0 aliphatic rings. The van der Waals surface area contributed by atoms with Crippen LogP contribution in [0.4, 0.5) is 0 Å². The number of benzene rings is 3. The van der Waals surface area contributed by atoms with Crippen LogP contribution < -0.4 is 10.4 Å². The minimum atomic E-state index is -0.248. The van der Waals surface area contributed by atoms with Crippen molar-refractivity contribution in [3.63, 3.8) is 0 Å². The normalized spacial score (nSPS) is 11.2. The molecule has 1 N–H and O–H groups in total. The summed E-state index contributed by atoms with van der Waals surface area (Å²) in [5.74, 6) is 1.56. The van der Waals surface area contributed by atoms with Gasteiger partial charge in [0.1, 0.15) is 11.6 Å². The van der Waals surface area contributed by atoms with Gasteiger partial charge in [-0.2, -0.15) is 4.98 Å². The molecule has 0 atom stereocenters. The van der Waals surface area contributed by atoms with E-state index >= 15 is 0 Å². The minimum absolute atomic E-state index is 0.248. The molecule has 0 unspecified atom stereocenters. The lowest BCUT2D eigenvalue weighted by molar-refractivity contribution is 0.468. The molecule has 0 spiro atoms. The predicted molar refractivity (Wildman–Crippen MR) is 129 cm³/mol. The molecule has 0 aliphatic carbocycles. The van der Waals surface area contributed by atoms with Gasteiger partial charge in [0.25, 0.3) is 0 Å². The lowest BCUT2D eigenvalue weighted by Gasteiger charge is -2.12. The molecule has 6 aromatic rings. The Morgan fingerprint density at radius 3 is 2.58 bits per heavy atom. The maximum Gasteiger partial charge on any atom is 0.332 e. The van der Waals surface area contributed by atoms with Crippen LogP contribution in [0.2, 0.25) is 0 Å². The fraction of sp³-hybridized carbons (Fsp3) is 0. The first-order chi connectivity index (χ1) is 16.3. The Labute approximate surface area is 188 Å². The van der Waals surface area contributed by atoms with Crippen molar-refractivity contribution in [3.05, 3.63) is 114 Å². The van der Waals surface area contributed by atoms with Crippen LogP contribution in [0.5, 0.6) is 11.6 Å². The van der Waals surface area contributed by atoms with Gasteiger partial charge in [-0.3, -0.25) is 4.98 Å². The summed E-state index contributed by atoms with van der Waals surface area (Å²) in [4.78, 5) is 24.8. The molecule has 6 rings (SSSR count). The molecule has 0 saturated carbocycles. The van der Waals surface area contributed by atoms with Crippen LogP contribution in [0.25, 0.3) is 38.9 Å². The summed E-state index contributed by atoms with van der Waals surface area (Å²) in [5, 5.41) is 1.79. The number of ether oxygens (including phenoxy) is 1. The maximum atomic E-state index is 12.8. The van der Waals surface area contributed by atoms with Crippen molar-refractivity contribution >= 4 is 21.8 Å². The number of H-pyrrole nitrogens is 1. The fourth-order valence-corrected chi connectivity index (χ4v) is 3.99. The molecule has 0 fully saturated rings. The Morgan fingerprint density at radius 2 is 1.67 bits per heavy atom. The number of aromatic nitrogens is 4. The van der Waals surface area contributed by atoms with E-state index in [4.69, 9.17) is 9.72 Å². The van der Waals surface area contributed by atoms with E-state index < -0.39 is 0 Å². The molecule has 0 aliphatic heterocycles. The molecular weight excluding hydrogens is 412 g/mol. The zero-order chi connectivity index (χ0) is 22.2. The zero-order valence-corrected chi connectivity index (χ0v) is 17.5. The van der Waals surface area contributed by atoms with Crippen LogP contribution in [0, 0.1) is 0 Å². The Morgan fingerprint density at radius 1 is 0.818 bits per heavy atom. The highest BCUT2D eigenvalue weighted by Gasteiger charge is 2.14. The number of rotatable bonds is 4. The third-order valence-corrected chi connectivity index (χ3v) is 5.52. The minimum Gasteiger partial charge on any atom is -0.438 e. The summed E-state index contributed by atoms with van der Waals surface area (Å²) in [6.07, 6.45) is 1.76. The number of fused-ring (bicyclic) bond motifs is 2.